The van der Waals surface area contributed by atoms with E-state index in [4.69, 9.17) is 4.74 Å². The van der Waals surface area contributed by atoms with Gasteiger partial charge >= 0.3 is 12.1 Å². The predicted octanol–water partition coefficient (Wildman–Crippen LogP) is 4.41. The molecule has 35 heavy (non-hydrogen) atoms. The van der Waals surface area contributed by atoms with Crippen molar-refractivity contribution in [3.63, 3.8) is 0 Å². The Morgan fingerprint density at radius 1 is 1.09 bits per heavy atom. The number of carboxylic acid groups (broad SMARTS) is 1. The Labute approximate surface area is 205 Å². The van der Waals surface area contributed by atoms with E-state index in [0.29, 0.717) is 19.4 Å². The number of nitrogens with zero attached hydrogens (tertiary/aromatic N) is 1. The number of benzene rings is 2. The molecule has 2 aromatic rings. The molecule has 0 spiro atoms. The SMILES string of the molecule is CC(C)CC(NC(=O)OCC1c2ccccc2-c2ccccc21)C(=O)N1CCC[C@@H]2C[C@@]21C(=O)O. The Morgan fingerprint density at radius 3 is 2.31 bits per heavy atom. The van der Waals surface area contributed by atoms with Crippen molar-refractivity contribution >= 4 is 18.0 Å². The van der Waals surface area contributed by atoms with E-state index in [-0.39, 0.29) is 30.3 Å². The first-order valence-corrected chi connectivity index (χ1v) is 12.5. The number of fused-ring (bicyclic) bond motifs is 4. The standard InChI is InChI=1S/C28H32N2O5/c1-17(2)14-24(25(31)30-13-7-8-18-15-28(18,30)26(32)33)29-27(34)35-16-23-21-11-5-3-9-19(21)20-10-4-6-12-22(20)23/h3-6,9-12,17-18,23-24H,7-8,13-16H2,1-2H3,(H,29,34)(H,32,33)/t18-,24?,28+/m1/s1. The van der Waals surface area contributed by atoms with Gasteiger partial charge < -0.3 is 20.1 Å². The number of alkyl carbamates (subject to hydrolysis) is 1. The second-order valence-electron chi connectivity index (χ2n) is 10.4. The van der Waals surface area contributed by atoms with Crippen molar-refractivity contribution in [1.29, 1.82) is 0 Å². The topological polar surface area (TPSA) is 95.9 Å². The van der Waals surface area contributed by atoms with Crippen LogP contribution in [0, 0.1) is 11.8 Å². The van der Waals surface area contributed by atoms with Gasteiger partial charge in [0.05, 0.1) is 0 Å². The van der Waals surface area contributed by atoms with E-state index in [1.807, 2.05) is 38.1 Å². The van der Waals surface area contributed by atoms with Gasteiger partial charge in [-0.3, -0.25) is 4.79 Å². The summed E-state index contributed by atoms with van der Waals surface area (Å²) in [7, 11) is 0. The average Bonchev–Trinajstić information content (AvgIpc) is 3.53. The van der Waals surface area contributed by atoms with Gasteiger partial charge in [0.25, 0.3) is 0 Å². The normalized spacial score (nSPS) is 23.2. The molecule has 2 aromatic carbocycles. The van der Waals surface area contributed by atoms with Gasteiger partial charge in [0.2, 0.25) is 5.91 Å². The summed E-state index contributed by atoms with van der Waals surface area (Å²) in [5, 5.41) is 12.6. The molecule has 184 valence electrons. The fraction of sp³-hybridized carbons (Fsp3) is 0.464. The van der Waals surface area contributed by atoms with Crippen molar-refractivity contribution < 1.29 is 24.2 Å². The van der Waals surface area contributed by atoms with Crippen LogP contribution in [-0.2, 0) is 14.3 Å². The van der Waals surface area contributed by atoms with E-state index in [2.05, 4.69) is 29.6 Å². The summed E-state index contributed by atoms with van der Waals surface area (Å²) >= 11 is 0. The van der Waals surface area contributed by atoms with Crippen LogP contribution in [0.4, 0.5) is 4.79 Å². The number of nitrogens with one attached hydrogen (secondary N) is 1. The summed E-state index contributed by atoms with van der Waals surface area (Å²) < 4.78 is 5.66. The Morgan fingerprint density at radius 2 is 1.71 bits per heavy atom. The molecule has 0 radical (unpaired) electrons. The highest BCUT2D eigenvalue weighted by Crippen LogP contribution is 2.54. The van der Waals surface area contributed by atoms with Crippen LogP contribution in [0.1, 0.15) is 56.6 Å². The number of piperidine rings is 1. The Balaban J connectivity index is 1.29. The van der Waals surface area contributed by atoms with Crippen LogP contribution >= 0.6 is 0 Å². The summed E-state index contributed by atoms with van der Waals surface area (Å²) in [6.45, 7) is 4.52. The summed E-state index contributed by atoms with van der Waals surface area (Å²) in [5.41, 5.74) is 3.43. The van der Waals surface area contributed by atoms with E-state index in [9.17, 15) is 19.5 Å². The molecule has 3 atom stereocenters. The van der Waals surface area contributed by atoms with Gasteiger partial charge in [-0.05, 0) is 59.8 Å². The van der Waals surface area contributed by atoms with Crippen LogP contribution in [-0.4, -0.2) is 52.7 Å². The van der Waals surface area contributed by atoms with Gasteiger partial charge in [0.1, 0.15) is 18.2 Å². The number of rotatable bonds is 7. The van der Waals surface area contributed by atoms with E-state index in [1.165, 1.54) is 4.90 Å². The molecule has 1 saturated heterocycles. The Kier molecular flexibility index (Phi) is 6.03. The molecular weight excluding hydrogens is 444 g/mol. The molecule has 2 fully saturated rings. The number of carbonyl (C=O) groups is 3. The maximum Gasteiger partial charge on any atom is 0.407 e. The second-order valence-corrected chi connectivity index (χ2v) is 10.4. The molecule has 1 heterocycles. The van der Waals surface area contributed by atoms with Crippen LogP contribution in [0.2, 0.25) is 0 Å². The van der Waals surface area contributed by atoms with Gasteiger partial charge in [0.15, 0.2) is 0 Å². The molecule has 2 aliphatic carbocycles. The van der Waals surface area contributed by atoms with E-state index >= 15 is 0 Å². The summed E-state index contributed by atoms with van der Waals surface area (Å²) in [4.78, 5) is 39.9. The number of amides is 2. The largest absolute Gasteiger partial charge is 0.479 e. The van der Waals surface area contributed by atoms with Crippen molar-refractivity contribution in [2.75, 3.05) is 13.2 Å². The first-order chi connectivity index (χ1) is 16.8. The number of carboxylic acids is 1. The zero-order valence-electron chi connectivity index (χ0n) is 20.2. The minimum absolute atomic E-state index is 0.00635. The van der Waals surface area contributed by atoms with Crippen molar-refractivity contribution in [2.24, 2.45) is 11.8 Å². The van der Waals surface area contributed by atoms with Crippen molar-refractivity contribution in [2.45, 2.75) is 57.0 Å². The molecule has 7 heteroatoms. The molecule has 2 amide bonds. The highest BCUT2D eigenvalue weighted by atomic mass is 16.5. The number of carbonyl (C=O) groups excluding carboxylic acids is 2. The summed E-state index contributed by atoms with van der Waals surface area (Å²) in [5.74, 6) is -1.20. The number of hydrogen-bond donors (Lipinski definition) is 2. The molecule has 1 aliphatic heterocycles. The first-order valence-electron chi connectivity index (χ1n) is 12.5. The molecule has 0 bridgehead atoms. The van der Waals surface area contributed by atoms with Gasteiger partial charge in [-0.15, -0.1) is 0 Å². The van der Waals surface area contributed by atoms with Crippen LogP contribution in [0.25, 0.3) is 11.1 Å². The molecule has 0 aromatic heterocycles. The van der Waals surface area contributed by atoms with Crippen molar-refractivity contribution in [3.05, 3.63) is 59.7 Å². The number of hydrogen-bond acceptors (Lipinski definition) is 4. The van der Waals surface area contributed by atoms with Gasteiger partial charge in [0, 0.05) is 12.5 Å². The molecule has 5 rings (SSSR count). The highest BCUT2D eigenvalue weighted by molar-refractivity contribution is 5.94. The molecular formula is C28H32N2O5. The lowest BCUT2D eigenvalue weighted by molar-refractivity contribution is -0.155. The van der Waals surface area contributed by atoms with Crippen LogP contribution in [0.5, 0.6) is 0 Å². The molecule has 3 aliphatic rings. The molecule has 1 saturated carbocycles. The summed E-state index contributed by atoms with van der Waals surface area (Å²) in [6.07, 6.45) is 1.86. The molecule has 1 unspecified atom stereocenters. The predicted molar refractivity (Wildman–Crippen MR) is 131 cm³/mol. The van der Waals surface area contributed by atoms with Crippen LogP contribution in [0.15, 0.2) is 48.5 Å². The highest BCUT2D eigenvalue weighted by Gasteiger charge is 2.67. The minimum atomic E-state index is -1.10. The second kappa shape index (κ2) is 9.02. The quantitative estimate of drug-likeness (QED) is 0.617. The van der Waals surface area contributed by atoms with E-state index in [0.717, 1.165) is 35.1 Å². The van der Waals surface area contributed by atoms with Crippen molar-refractivity contribution in [3.8, 4) is 11.1 Å². The number of aliphatic carboxylic acids is 1. The lowest BCUT2D eigenvalue weighted by Crippen LogP contribution is -2.57. The molecule has 7 nitrogen and oxygen atoms in total. The van der Waals surface area contributed by atoms with E-state index < -0.39 is 23.6 Å². The fourth-order valence-corrected chi connectivity index (χ4v) is 6.03. The fourth-order valence-electron chi connectivity index (χ4n) is 6.03. The lowest BCUT2D eigenvalue weighted by atomic mass is 9.97. The van der Waals surface area contributed by atoms with E-state index in [1.54, 1.807) is 0 Å². The number of likely N-dealkylation sites (tertiary alicyclic amines) is 1. The van der Waals surface area contributed by atoms with Gasteiger partial charge in [-0.25, -0.2) is 9.59 Å². The smallest absolute Gasteiger partial charge is 0.407 e. The minimum Gasteiger partial charge on any atom is -0.479 e. The Bertz CT molecular complexity index is 1120. The third kappa shape index (κ3) is 4.07. The van der Waals surface area contributed by atoms with Crippen LogP contribution < -0.4 is 5.32 Å². The van der Waals surface area contributed by atoms with Crippen molar-refractivity contribution in [1.82, 2.24) is 10.2 Å². The zero-order valence-corrected chi connectivity index (χ0v) is 20.2. The monoisotopic (exact) mass is 476 g/mol. The zero-order chi connectivity index (χ0) is 24.7. The van der Waals surface area contributed by atoms with Gasteiger partial charge in [-0.1, -0.05) is 62.4 Å². The maximum absolute atomic E-state index is 13.5. The van der Waals surface area contributed by atoms with Gasteiger partial charge in [-0.2, -0.15) is 0 Å². The third-order valence-electron chi connectivity index (χ3n) is 7.77. The lowest BCUT2D eigenvalue weighted by Gasteiger charge is -2.36. The maximum atomic E-state index is 13.5. The third-order valence-corrected chi connectivity index (χ3v) is 7.77. The summed E-state index contributed by atoms with van der Waals surface area (Å²) in [6, 6.07) is 15.4. The number of ether oxygens (including phenoxy) is 1. The molecule has 2 N–H and O–H groups in total. The average molecular weight is 477 g/mol. The Hall–Kier alpha value is -3.35. The van der Waals surface area contributed by atoms with Crippen LogP contribution in [0.3, 0.4) is 0 Å². The first kappa shape index (κ1) is 23.4.